The van der Waals surface area contributed by atoms with Gasteiger partial charge in [-0.05, 0) is 37.1 Å². The Labute approximate surface area is 130 Å². The van der Waals surface area contributed by atoms with Gasteiger partial charge in [-0.2, -0.15) is 5.10 Å². The number of hydrogen-bond acceptors (Lipinski definition) is 2. The maximum Gasteiger partial charge on any atom is 0.0938 e. The number of aromatic amines is 2. The zero-order valence-electron chi connectivity index (χ0n) is 12.5. The summed E-state index contributed by atoms with van der Waals surface area (Å²) in [6.07, 6.45) is 6.26. The zero-order chi connectivity index (χ0) is 14.8. The van der Waals surface area contributed by atoms with E-state index < -0.39 is 0 Å². The maximum atomic E-state index is 4.45. The van der Waals surface area contributed by atoms with Crippen LogP contribution in [0.5, 0.6) is 0 Å². The topological polar surface area (TPSA) is 47.7 Å². The molecule has 112 valence electrons. The average molecular weight is 292 g/mol. The largest absolute Gasteiger partial charge is 0.371 e. The number of nitrogens with zero attached hydrogens (tertiary/aromatic N) is 2. The van der Waals surface area contributed by atoms with Crippen LogP contribution in [0.1, 0.15) is 24.5 Å². The molecule has 0 unspecified atom stereocenters. The number of H-pyrrole nitrogens is 2. The summed E-state index contributed by atoms with van der Waals surface area (Å²) in [6, 6.07) is 14.9. The van der Waals surface area contributed by atoms with Crippen molar-refractivity contribution in [1.29, 1.82) is 0 Å². The van der Waals surface area contributed by atoms with Crippen LogP contribution in [0, 0.1) is 0 Å². The van der Waals surface area contributed by atoms with E-state index >= 15 is 0 Å². The molecule has 0 bridgehead atoms. The first kappa shape index (κ1) is 13.2. The number of para-hydroxylation sites is 1. The fourth-order valence-electron chi connectivity index (χ4n) is 3.26. The summed E-state index contributed by atoms with van der Waals surface area (Å²) >= 11 is 0. The van der Waals surface area contributed by atoms with E-state index in [-0.39, 0.29) is 0 Å². The summed E-state index contributed by atoms with van der Waals surface area (Å²) in [7, 11) is 0. The molecule has 1 aliphatic heterocycles. The van der Waals surface area contributed by atoms with Crippen LogP contribution in [0.15, 0.2) is 54.9 Å². The van der Waals surface area contributed by atoms with Crippen LogP contribution in [0.25, 0.3) is 11.3 Å². The van der Waals surface area contributed by atoms with Gasteiger partial charge in [-0.15, -0.1) is 0 Å². The molecule has 2 N–H and O–H groups in total. The Hall–Kier alpha value is -2.49. The lowest BCUT2D eigenvalue weighted by Crippen LogP contribution is -2.32. The van der Waals surface area contributed by atoms with Crippen LogP contribution >= 0.6 is 0 Å². The smallest absolute Gasteiger partial charge is 0.0938 e. The Morgan fingerprint density at radius 2 is 1.86 bits per heavy atom. The van der Waals surface area contributed by atoms with Gasteiger partial charge in [0.25, 0.3) is 0 Å². The fourth-order valence-corrected chi connectivity index (χ4v) is 3.26. The molecule has 3 heterocycles. The molecule has 4 heteroatoms. The van der Waals surface area contributed by atoms with Crippen molar-refractivity contribution >= 4 is 5.69 Å². The minimum absolute atomic E-state index is 0.583. The van der Waals surface area contributed by atoms with Gasteiger partial charge in [0.2, 0.25) is 0 Å². The second kappa shape index (κ2) is 5.72. The molecule has 0 radical (unpaired) electrons. The summed E-state index contributed by atoms with van der Waals surface area (Å²) in [4.78, 5) is 5.55. The molecule has 0 amide bonds. The first-order valence-corrected chi connectivity index (χ1v) is 7.88. The van der Waals surface area contributed by atoms with E-state index in [1.807, 2.05) is 12.4 Å². The van der Waals surface area contributed by atoms with Crippen molar-refractivity contribution in [3.63, 3.8) is 0 Å². The molecule has 4 nitrogen and oxygen atoms in total. The molecule has 1 aliphatic rings. The lowest BCUT2D eigenvalue weighted by Gasteiger charge is -2.33. The highest BCUT2D eigenvalue weighted by Crippen LogP contribution is 2.31. The molecule has 1 saturated heterocycles. The molecule has 1 fully saturated rings. The van der Waals surface area contributed by atoms with Gasteiger partial charge in [0, 0.05) is 48.3 Å². The summed E-state index contributed by atoms with van der Waals surface area (Å²) in [5, 5.41) is 7.69. The molecule has 0 saturated carbocycles. The predicted molar refractivity (Wildman–Crippen MR) is 89.0 cm³/mol. The molecular weight excluding hydrogens is 272 g/mol. The monoisotopic (exact) mass is 292 g/mol. The number of hydrogen-bond donors (Lipinski definition) is 2. The Morgan fingerprint density at radius 3 is 2.59 bits per heavy atom. The third-order valence-electron chi connectivity index (χ3n) is 4.55. The van der Waals surface area contributed by atoms with Gasteiger partial charge in [-0.25, -0.2) is 0 Å². The summed E-state index contributed by atoms with van der Waals surface area (Å²) < 4.78 is 0. The lowest BCUT2D eigenvalue weighted by molar-refractivity contribution is 0.495. The van der Waals surface area contributed by atoms with E-state index in [4.69, 9.17) is 0 Å². The van der Waals surface area contributed by atoms with Crippen molar-refractivity contribution in [2.24, 2.45) is 0 Å². The molecule has 22 heavy (non-hydrogen) atoms. The highest BCUT2D eigenvalue weighted by molar-refractivity contribution is 5.58. The summed E-state index contributed by atoms with van der Waals surface area (Å²) in [6.45, 7) is 2.21. The van der Waals surface area contributed by atoms with Gasteiger partial charge in [-0.3, -0.25) is 5.10 Å². The maximum absolute atomic E-state index is 4.45. The van der Waals surface area contributed by atoms with Crippen LogP contribution in [0.2, 0.25) is 0 Å². The van der Waals surface area contributed by atoms with E-state index in [0.29, 0.717) is 5.92 Å². The molecule has 3 aromatic rings. The van der Waals surface area contributed by atoms with Gasteiger partial charge in [0.15, 0.2) is 0 Å². The molecule has 0 aliphatic carbocycles. The fraction of sp³-hybridized carbons (Fsp3) is 0.278. The Balaban J connectivity index is 1.44. The van der Waals surface area contributed by atoms with Gasteiger partial charge in [0.05, 0.1) is 5.69 Å². The van der Waals surface area contributed by atoms with E-state index in [2.05, 4.69) is 62.5 Å². The van der Waals surface area contributed by atoms with Crippen LogP contribution in [0.3, 0.4) is 0 Å². The molecule has 1 aromatic carbocycles. The SMILES string of the molecule is c1ccc(N2CCC(c3cc(-c4cc[nH]c4)n[nH]3)CC2)cc1. The normalized spacial score (nSPS) is 16.1. The van der Waals surface area contributed by atoms with E-state index in [9.17, 15) is 0 Å². The number of piperidine rings is 1. The second-order valence-corrected chi connectivity index (χ2v) is 5.91. The molecule has 4 rings (SSSR count). The van der Waals surface area contributed by atoms with Crippen molar-refractivity contribution in [3.05, 3.63) is 60.6 Å². The van der Waals surface area contributed by atoms with Gasteiger partial charge >= 0.3 is 0 Å². The lowest BCUT2D eigenvalue weighted by atomic mass is 9.93. The minimum atomic E-state index is 0.583. The first-order valence-electron chi connectivity index (χ1n) is 7.88. The Kier molecular flexibility index (Phi) is 3.43. The highest BCUT2D eigenvalue weighted by atomic mass is 15.1. The van der Waals surface area contributed by atoms with Crippen LogP contribution < -0.4 is 4.90 Å². The van der Waals surface area contributed by atoms with Gasteiger partial charge < -0.3 is 9.88 Å². The van der Waals surface area contributed by atoms with Crippen molar-refractivity contribution in [2.75, 3.05) is 18.0 Å². The molecular formula is C18H20N4. The minimum Gasteiger partial charge on any atom is -0.371 e. The zero-order valence-corrected chi connectivity index (χ0v) is 12.5. The standard InChI is InChI=1S/C18H20N4/c1-2-4-16(5-3-1)22-10-7-14(8-11-22)17-12-18(21-20-17)15-6-9-19-13-15/h1-6,9,12-14,19H,7-8,10-11H2,(H,20,21). The molecule has 0 atom stereocenters. The van der Waals surface area contributed by atoms with Crippen LogP contribution in [-0.2, 0) is 0 Å². The van der Waals surface area contributed by atoms with Gasteiger partial charge in [0.1, 0.15) is 0 Å². The van der Waals surface area contributed by atoms with Crippen molar-refractivity contribution in [2.45, 2.75) is 18.8 Å². The quantitative estimate of drug-likeness (QED) is 0.771. The van der Waals surface area contributed by atoms with E-state index in [1.54, 1.807) is 0 Å². The third kappa shape index (κ3) is 2.52. The third-order valence-corrected chi connectivity index (χ3v) is 4.55. The van der Waals surface area contributed by atoms with Crippen LogP contribution in [0.4, 0.5) is 5.69 Å². The van der Waals surface area contributed by atoms with Crippen molar-refractivity contribution in [1.82, 2.24) is 15.2 Å². The number of nitrogens with one attached hydrogen (secondary N) is 2. The van der Waals surface area contributed by atoms with E-state index in [1.165, 1.54) is 24.2 Å². The van der Waals surface area contributed by atoms with E-state index in [0.717, 1.165) is 24.3 Å². The summed E-state index contributed by atoms with van der Waals surface area (Å²) in [5.74, 6) is 0.583. The molecule has 0 spiro atoms. The highest BCUT2D eigenvalue weighted by Gasteiger charge is 2.22. The first-order chi connectivity index (χ1) is 10.9. The Bertz CT molecular complexity index is 707. The van der Waals surface area contributed by atoms with Gasteiger partial charge in [-0.1, -0.05) is 18.2 Å². The predicted octanol–water partition coefficient (Wildman–Crippen LogP) is 3.79. The molecule has 2 aromatic heterocycles. The second-order valence-electron chi connectivity index (χ2n) is 5.91. The summed E-state index contributed by atoms with van der Waals surface area (Å²) in [5.41, 5.74) is 4.77. The van der Waals surface area contributed by atoms with Crippen molar-refractivity contribution < 1.29 is 0 Å². The number of rotatable bonds is 3. The number of anilines is 1. The number of benzene rings is 1. The van der Waals surface area contributed by atoms with Crippen LogP contribution in [-0.4, -0.2) is 28.3 Å². The van der Waals surface area contributed by atoms with Crippen molar-refractivity contribution in [3.8, 4) is 11.3 Å². The number of aromatic nitrogens is 3. The average Bonchev–Trinajstić information content (AvgIpc) is 3.27. The Morgan fingerprint density at radius 1 is 1.05 bits per heavy atom.